The van der Waals surface area contributed by atoms with E-state index < -0.39 is 0 Å². The molecule has 1 aliphatic heterocycles. The number of hydrogen-bond acceptors (Lipinski definition) is 3. The number of carbonyl (C=O) groups is 2. The van der Waals surface area contributed by atoms with Gasteiger partial charge < -0.3 is 5.32 Å². The van der Waals surface area contributed by atoms with E-state index in [1.807, 2.05) is 80.6 Å². The van der Waals surface area contributed by atoms with Gasteiger partial charge in [-0.3, -0.25) is 14.6 Å². The molecule has 1 aromatic heterocycles. The number of para-hydroxylation sites is 2. The monoisotopic (exact) mass is 400 g/mol. The Kier molecular flexibility index (Phi) is 5.48. The Balaban J connectivity index is 1.76. The molecule has 0 spiro atoms. The van der Waals surface area contributed by atoms with Crippen molar-refractivity contribution in [1.82, 2.24) is 4.98 Å². The summed E-state index contributed by atoms with van der Waals surface area (Å²) in [5.41, 5.74) is 3.01. The number of urea groups is 1. The van der Waals surface area contributed by atoms with Crippen LogP contribution in [0.25, 0.3) is 0 Å². The Morgan fingerprint density at radius 2 is 1.63 bits per heavy atom. The molecule has 30 heavy (non-hydrogen) atoms. The van der Waals surface area contributed by atoms with Gasteiger partial charge in [-0.25, -0.2) is 9.78 Å². The summed E-state index contributed by atoms with van der Waals surface area (Å²) in [5, 5.41) is 2.89. The molecule has 3 aromatic rings. The SMILES string of the molecule is CC[C@@H](C)C(=O)Nc1ccc2c(n1)CN(c1ccccc1)C(=O)N2c1ccccc1. The van der Waals surface area contributed by atoms with Gasteiger partial charge in [0.25, 0.3) is 0 Å². The molecular formula is C24H24N4O2. The number of carbonyl (C=O) groups excluding carboxylic acids is 2. The second-order valence-electron chi connectivity index (χ2n) is 7.34. The molecule has 6 heteroatoms. The minimum absolute atomic E-state index is 0.0586. The summed E-state index contributed by atoms with van der Waals surface area (Å²) in [6.07, 6.45) is 0.759. The maximum absolute atomic E-state index is 13.4. The van der Waals surface area contributed by atoms with Crippen molar-refractivity contribution in [2.24, 2.45) is 5.92 Å². The van der Waals surface area contributed by atoms with E-state index in [1.54, 1.807) is 15.9 Å². The van der Waals surface area contributed by atoms with Crippen LogP contribution in [0.2, 0.25) is 0 Å². The average molecular weight is 400 g/mol. The molecule has 0 saturated carbocycles. The van der Waals surface area contributed by atoms with Crippen LogP contribution in [-0.4, -0.2) is 16.9 Å². The molecule has 2 heterocycles. The lowest BCUT2D eigenvalue weighted by atomic mass is 10.1. The summed E-state index contributed by atoms with van der Waals surface area (Å²) >= 11 is 0. The van der Waals surface area contributed by atoms with E-state index in [0.29, 0.717) is 12.4 Å². The lowest BCUT2D eigenvalue weighted by Crippen LogP contribution is -2.45. The molecule has 1 atom stereocenters. The first kappa shape index (κ1) is 19.6. The summed E-state index contributed by atoms with van der Waals surface area (Å²) in [5.74, 6) is 0.345. The van der Waals surface area contributed by atoms with Crippen LogP contribution in [0.3, 0.4) is 0 Å². The van der Waals surface area contributed by atoms with Crippen LogP contribution in [-0.2, 0) is 11.3 Å². The molecule has 6 nitrogen and oxygen atoms in total. The largest absolute Gasteiger partial charge is 0.334 e. The number of rotatable bonds is 5. The number of amides is 3. The minimum atomic E-state index is -0.141. The van der Waals surface area contributed by atoms with Gasteiger partial charge in [0.05, 0.1) is 23.6 Å². The smallest absolute Gasteiger partial charge is 0.310 e. The summed E-state index contributed by atoms with van der Waals surface area (Å²) in [4.78, 5) is 33.8. The molecule has 0 saturated heterocycles. The number of pyridine rings is 1. The van der Waals surface area contributed by atoms with Crippen LogP contribution in [0.15, 0.2) is 72.8 Å². The topological polar surface area (TPSA) is 65.5 Å². The van der Waals surface area contributed by atoms with Crippen LogP contribution in [0.1, 0.15) is 26.0 Å². The summed E-state index contributed by atoms with van der Waals surface area (Å²) in [6.45, 7) is 4.20. The Morgan fingerprint density at radius 1 is 1.00 bits per heavy atom. The van der Waals surface area contributed by atoms with Gasteiger partial charge in [0.15, 0.2) is 0 Å². The van der Waals surface area contributed by atoms with Crippen molar-refractivity contribution in [3.05, 3.63) is 78.5 Å². The second-order valence-corrected chi connectivity index (χ2v) is 7.34. The third-order valence-electron chi connectivity index (χ3n) is 5.31. The Morgan fingerprint density at radius 3 is 2.27 bits per heavy atom. The van der Waals surface area contributed by atoms with Gasteiger partial charge in [0.1, 0.15) is 5.82 Å². The number of nitrogens with zero attached hydrogens (tertiary/aromatic N) is 3. The molecule has 0 fully saturated rings. The Bertz CT molecular complexity index is 1050. The van der Waals surface area contributed by atoms with Crippen LogP contribution in [0, 0.1) is 5.92 Å². The average Bonchev–Trinajstić information content (AvgIpc) is 2.79. The number of fused-ring (bicyclic) bond motifs is 1. The molecule has 2 aromatic carbocycles. The van der Waals surface area contributed by atoms with Crippen LogP contribution in [0.5, 0.6) is 0 Å². The van der Waals surface area contributed by atoms with E-state index in [0.717, 1.165) is 29.2 Å². The Labute approximate surface area is 176 Å². The van der Waals surface area contributed by atoms with Crippen molar-refractivity contribution in [3.63, 3.8) is 0 Å². The number of hydrogen-bond donors (Lipinski definition) is 1. The lowest BCUT2D eigenvalue weighted by molar-refractivity contribution is -0.119. The zero-order chi connectivity index (χ0) is 21.1. The van der Waals surface area contributed by atoms with E-state index >= 15 is 0 Å². The van der Waals surface area contributed by atoms with Crippen molar-refractivity contribution >= 4 is 34.8 Å². The van der Waals surface area contributed by atoms with Gasteiger partial charge in [0.2, 0.25) is 5.91 Å². The third kappa shape index (κ3) is 3.76. The fourth-order valence-electron chi connectivity index (χ4n) is 3.40. The standard InChI is InChI=1S/C24H24N4O2/c1-3-17(2)23(29)26-22-15-14-21-20(25-22)16-27(18-10-6-4-7-11-18)24(30)28(21)19-12-8-5-9-13-19/h4-15,17H,3,16H2,1-2H3,(H,25,26,29)/t17-/m1/s1. The molecule has 0 aliphatic carbocycles. The second kappa shape index (κ2) is 8.37. The van der Waals surface area contributed by atoms with Gasteiger partial charge >= 0.3 is 6.03 Å². The highest BCUT2D eigenvalue weighted by molar-refractivity contribution is 6.10. The van der Waals surface area contributed by atoms with Crippen molar-refractivity contribution in [2.45, 2.75) is 26.8 Å². The van der Waals surface area contributed by atoms with Crippen molar-refractivity contribution in [3.8, 4) is 0 Å². The third-order valence-corrected chi connectivity index (χ3v) is 5.31. The molecule has 1 N–H and O–H groups in total. The molecular weight excluding hydrogens is 376 g/mol. The predicted molar refractivity (Wildman–Crippen MR) is 119 cm³/mol. The highest BCUT2D eigenvalue weighted by Crippen LogP contribution is 2.36. The van der Waals surface area contributed by atoms with Crippen LogP contribution in [0.4, 0.5) is 27.7 Å². The number of aromatic nitrogens is 1. The molecule has 4 rings (SSSR count). The highest BCUT2D eigenvalue weighted by atomic mass is 16.2. The molecule has 1 aliphatic rings. The van der Waals surface area contributed by atoms with Crippen LogP contribution >= 0.6 is 0 Å². The van der Waals surface area contributed by atoms with Gasteiger partial charge in [-0.1, -0.05) is 50.2 Å². The number of anilines is 4. The van der Waals surface area contributed by atoms with E-state index in [4.69, 9.17) is 0 Å². The fraction of sp³-hybridized carbons (Fsp3) is 0.208. The lowest BCUT2D eigenvalue weighted by Gasteiger charge is -2.36. The van der Waals surface area contributed by atoms with Gasteiger partial charge in [0, 0.05) is 11.6 Å². The fourth-order valence-corrected chi connectivity index (χ4v) is 3.40. The minimum Gasteiger partial charge on any atom is -0.310 e. The van der Waals surface area contributed by atoms with Crippen molar-refractivity contribution < 1.29 is 9.59 Å². The highest BCUT2D eigenvalue weighted by Gasteiger charge is 2.33. The predicted octanol–water partition coefficient (Wildman–Crippen LogP) is 5.34. The molecule has 3 amide bonds. The summed E-state index contributed by atoms with van der Waals surface area (Å²) in [7, 11) is 0. The molecule has 0 bridgehead atoms. The molecule has 0 radical (unpaired) electrons. The van der Waals surface area contributed by atoms with Crippen LogP contribution < -0.4 is 15.1 Å². The van der Waals surface area contributed by atoms with Crippen molar-refractivity contribution in [2.75, 3.05) is 15.1 Å². The van der Waals surface area contributed by atoms with E-state index in [9.17, 15) is 9.59 Å². The van der Waals surface area contributed by atoms with Crippen molar-refractivity contribution in [1.29, 1.82) is 0 Å². The summed E-state index contributed by atoms with van der Waals surface area (Å²) < 4.78 is 0. The molecule has 0 unspecified atom stereocenters. The zero-order valence-corrected chi connectivity index (χ0v) is 17.1. The molecule has 152 valence electrons. The van der Waals surface area contributed by atoms with Gasteiger partial charge in [-0.2, -0.15) is 0 Å². The van der Waals surface area contributed by atoms with E-state index in [1.165, 1.54) is 0 Å². The first-order valence-electron chi connectivity index (χ1n) is 10.1. The van der Waals surface area contributed by atoms with Gasteiger partial charge in [-0.15, -0.1) is 0 Å². The number of benzene rings is 2. The zero-order valence-electron chi connectivity index (χ0n) is 17.1. The quantitative estimate of drug-likeness (QED) is 0.628. The maximum Gasteiger partial charge on any atom is 0.334 e. The van der Waals surface area contributed by atoms with Gasteiger partial charge in [-0.05, 0) is 42.8 Å². The summed E-state index contributed by atoms with van der Waals surface area (Å²) in [6, 6.07) is 22.5. The maximum atomic E-state index is 13.4. The first-order chi connectivity index (χ1) is 14.6. The number of nitrogens with one attached hydrogen (secondary N) is 1. The van der Waals surface area contributed by atoms with E-state index in [2.05, 4.69) is 10.3 Å². The first-order valence-corrected chi connectivity index (χ1v) is 10.1. The van der Waals surface area contributed by atoms with E-state index in [-0.39, 0.29) is 17.9 Å². The Hall–Kier alpha value is -3.67. The normalized spacial score (nSPS) is 14.3.